The molecule has 0 saturated carbocycles. The van der Waals surface area contributed by atoms with Crippen molar-refractivity contribution in [1.82, 2.24) is 4.90 Å². The molecule has 1 aromatic rings. The molecule has 0 bridgehead atoms. The minimum Gasteiger partial charge on any atom is -0.399 e. The molecular formula is C15H25N3. The maximum absolute atomic E-state index is 5.76. The van der Waals surface area contributed by atoms with E-state index in [1.807, 2.05) is 12.1 Å². The average molecular weight is 247 g/mol. The Morgan fingerprint density at radius 3 is 2.67 bits per heavy atom. The van der Waals surface area contributed by atoms with Gasteiger partial charge in [-0.1, -0.05) is 6.42 Å². The number of hydrogen-bond donors (Lipinski definition) is 2. The molecule has 1 fully saturated rings. The third-order valence-corrected chi connectivity index (χ3v) is 3.85. The second-order valence-corrected chi connectivity index (χ2v) is 5.40. The van der Waals surface area contributed by atoms with Gasteiger partial charge in [0.05, 0.1) is 0 Å². The number of nitrogens with zero attached hydrogens (tertiary/aromatic N) is 1. The van der Waals surface area contributed by atoms with Crippen LogP contribution in [0.4, 0.5) is 11.4 Å². The van der Waals surface area contributed by atoms with Crippen molar-refractivity contribution in [2.45, 2.75) is 39.2 Å². The molecule has 0 amide bonds. The lowest BCUT2D eigenvalue weighted by Crippen LogP contribution is -2.41. The number of nitrogens with two attached hydrogens (primary N) is 1. The van der Waals surface area contributed by atoms with Gasteiger partial charge in [-0.05, 0) is 63.5 Å². The van der Waals surface area contributed by atoms with E-state index in [4.69, 9.17) is 5.73 Å². The molecular weight excluding hydrogens is 222 g/mol. The molecule has 3 nitrogen and oxygen atoms in total. The molecule has 0 spiro atoms. The number of aryl methyl sites for hydroxylation is 1. The Morgan fingerprint density at radius 2 is 2.00 bits per heavy atom. The van der Waals surface area contributed by atoms with E-state index in [9.17, 15) is 0 Å². The van der Waals surface area contributed by atoms with Gasteiger partial charge in [-0.2, -0.15) is 0 Å². The Kier molecular flexibility index (Phi) is 4.48. The zero-order chi connectivity index (χ0) is 13.0. The summed E-state index contributed by atoms with van der Waals surface area (Å²) in [4.78, 5) is 2.59. The number of nitrogens with one attached hydrogen (secondary N) is 1. The lowest BCUT2D eigenvalue weighted by Gasteiger charge is -2.32. The van der Waals surface area contributed by atoms with Gasteiger partial charge in [-0.3, -0.25) is 4.90 Å². The van der Waals surface area contributed by atoms with E-state index in [0.717, 1.165) is 12.2 Å². The minimum absolute atomic E-state index is 0.599. The Bertz CT molecular complexity index is 383. The molecule has 1 heterocycles. The van der Waals surface area contributed by atoms with Crippen molar-refractivity contribution in [3.8, 4) is 0 Å². The summed E-state index contributed by atoms with van der Waals surface area (Å²) in [5.74, 6) is 0. The molecule has 0 radical (unpaired) electrons. The van der Waals surface area contributed by atoms with E-state index in [1.165, 1.54) is 43.6 Å². The molecule has 18 heavy (non-hydrogen) atoms. The second kappa shape index (κ2) is 6.10. The molecule has 1 unspecified atom stereocenters. The molecule has 3 N–H and O–H groups in total. The van der Waals surface area contributed by atoms with Crippen LogP contribution in [0.5, 0.6) is 0 Å². The maximum atomic E-state index is 5.76. The highest BCUT2D eigenvalue weighted by Crippen LogP contribution is 2.18. The molecule has 1 aromatic carbocycles. The van der Waals surface area contributed by atoms with Gasteiger partial charge < -0.3 is 11.1 Å². The van der Waals surface area contributed by atoms with Crippen molar-refractivity contribution in [3.05, 3.63) is 23.8 Å². The standard InChI is InChI=1S/C15H25N3/c1-12-10-14(16)6-7-15(12)17-11-13(2)18-8-4-3-5-9-18/h6-7,10,13,17H,3-5,8-9,11,16H2,1-2H3. The summed E-state index contributed by atoms with van der Waals surface area (Å²) >= 11 is 0. The van der Waals surface area contributed by atoms with E-state index >= 15 is 0 Å². The number of nitrogen functional groups attached to an aromatic ring is 1. The highest BCUT2D eigenvalue weighted by molar-refractivity contribution is 5.57. The first-order valence-electron chi connectivity index (χ1n) is 7.01. The van der Waals surface area contributed by atoms with E-state index < -0.39 is 0 Å². The van der Waals surface area contributed by atoms with Crippen molar-refractivity contribution >= 4 is 11.4 Å². The number of rotatable bonds is 4. The van der Waals surface area contributed by atoms with Crippen LogP contribution in [0.15, 0.2) is 18.2 Å². The monoisotopic (exact) mass is 247 g/mol. The van der Waals surface area contributed by atoms with Crippen molar-refractivity contribution in [2.24, 2.45) is 0 Å². The van der Waals surface area contributed by atoms with Crippen LogP contribution in [0.25, 0.3) is 0 Å². The van der Waals surface area contributed by atoms with Crippen LogP contribution in [-0.4, -0.2) is 30.6 Å². The summed E-state index contributed by atoms with van der Waals surface area (Å²) in [7, 11) is 0. The van der Waals surface area contributed by atoms with E-state index in [-0.39, 0.29) is 0 Å². The summed E-state index contributed by atoms with van der Waals surface area (Å²) < 4.78 is 0. The summed E-state index contributed by atoms with van der Waals surface area (Å²) in [6.07, 6.45) is 4.10. The Hall–Kier alpha value is -1.22. The predicted octanol–water partition coefficient (Wildman–Crippen LogP) is 2.86. The van der Waals surface area contributed by atoms with Gasteiger partial charge in [-0.15, -0.1) is 0 Å². The highest BCUT2D eigenvalue weighted by atomic mass is 15.2. The first kappa shape index (κ1) is 13.2. The first-order chi connectivity index (χ1) is 8.66. The van der Waals surface area contributed by atoms with Crippen LogP contribution < -0.4 is 11.1 Å². The van der Waals surface area contributed by atoms with Crippen LogP contribution in [0.3, 0.4) is 0 Å². The van der Waals surface area contributed by atoms with E-state index in [0.29, 0.717) is 6.04 Å². The smallest absolute Gasteiger partial charge is 0.0371 e. The fourth-order valence-corrected chi connectivity index (χ4v) is 2.63. The zero-order valence-corrected chi connectivity index (χ0v) is 11.6. The number of likely N-dealkylation sites (tertiary alicyclic amines) is 1. The third kappa shape index (κ3) is 3.39. The van der Waals surface area contributed by atoms with Crippen LogP contribution in [0.1, 0.15) is 31.7 Å². The van der Waals surface area contributed by atoms with Crippen molar-refractivity contribution < 1.29 is 0 Å². The average Bonchev–Trinajstić information content (AvgIpc) is 2.38. The largest absolute Gasteiger partial charge is 0.399 e. The third-order valence-electron chi connectivity index (χ3n) is 3.85. The van der Waals surface area contributed by atoms with Crippen molar-refractivity contribution in [2.75, 3.05) is 30.7 Å². The van der Waals surface area contributed by atoms with Gasteiger partial charge in [0.1, 0.15) is 0 Å². The molecule has 100 valence electrons. The van der Waals surface area contributed by atoms with Crippen LogP contribution in [0, 0.1) is 6.92 Å². The molecule has 1 aliphatic heterocycles. The maximum Gasteiger partial charge on any atom is 0.0371 e. The summed E-state index contributed by atoms with van der Waals surface area (Å²) in [5, 5.41) is 3.54. The number of benzene rings is 1. The van der Waals surface area contributed by atoms with Crippen LogP contribution in [-0.2, 0) is 0 Å². The van der Waals surface area contributed by atoms with Gasteiger partial charge in [-0.25, -0.2) is 0 Å². The molecule has 1 atom stereocenters. The fraction of sp³-hybridized carbons (Fsp3) is 0.600. The van der Waals surface area contributed by atoms with Gasteiger partial charge >= 0.3 is 0 Å². The lowest BCUT2D eigenvalue weighted by atomic mass is 10.1. The number of piperidine rings is 1. The van der Waals surface area contributed by atoms with Gasteiger partial charge in [0.15, 0.2) is 0 Å². The summed E-state index contributed by atoms with van der Waals surface area (Å²) in [6.45, 7) is 7.92. The minimum atomic E-state index is 0.599. The Labute approximate surface area is 110 Å². The van der Waals surface area contributed by atoms with E-state index in [2.05, 4.69) is 30.1 Å². The first-order valence-corrected chi connectivity index (χ1v) is 7.01. The Balaban J connectivity index is 1.86. The molecule has 1 aliphatic rings. The van der Waals surface area contributed by atoms with Gasteiger partial charge in [0.2, 0.25) is 0 Å². The summed E-state index contributed by atoms with van der Waals surface area (Å²) in [6, 6.07) is 6.66. The Morgan fingerprint density at radius 1 is 1.28 bits per heavy atom. The SMILES string of the molecule is Cc1cc(N)ccc1NCC(C)N1CCCCC1. The zero-order valence-electron chi connectivity index (χ0n) is 11.6. The molecule has 1 saturated heterocycles. The molecule has 2 rings (SSSR count). The van der Waals surface area contributed by atoms with Crippen LogP contribution in [0.2, 0.25) is 0 Å². The molecule has 0 aromatic heterocycles. The number of hydrogen-bond acceptors (Lipinski definition) is 3. The molecule has 0 aliphatic carbocycles. The topological polar surface area (TPSA) is 41.3 Å². The van der Waals surface area contributed by atoms with Crippen LogP contribution >= 0.6 is 0 Å². The summed E-state index contributed by atoms with van der Waals surface area (Å²) in [5.41, 5.74) is 9.02. The quantitative estimate of drug-likeness (QED) is 0.804. The second-order valence-electron chi connectivity index (χ2n) is 5.40. The number of anilines is 2. The fourth-order valence-electron chi connectivity index (χ4n) is 2.63. The normalized spacial score (nSPS) is 18.6. The van der Waals surface area contributed by atoms with Crippen molar-refractivity contribution in [1.29, 1.82) is 0 Å². The predicted molar refractivity (Wildman–Crippen MR) is 79.0 cm³/mol. The highest BCUT2D eigenvalue weighted by Gasteiger charge is 2.16. The van der Waals surface area contributed by atoms with Gasteiger partial charge in [0.25, 0.3) is 0 Å². The molecule has 3 heteroatoms. The van der Waals surface area contributed by atoms with E-state index in [1.54, 1.807) is 0 Å². The van der Waals surface area contributed by atoms with Crippen molar-refractivity contribution in [3.63, 3.8) is 0 Å². The van der Waals surface area contributed by atoms with Gasteiger partial charge in [0, 0.05) is 24.0 Å². The lowest BCUT2D eigenvalue weighted by molar-refractivity contribution is 0.180.